The fourth-order valence-electron chi connectivity index (χ4n) is 2.61. The second-order valence-electron chi connectivity index (χ2n) is 6.84. The molecule has 6 heteroatoms. The van der Waals surface area contributed by atoms with Gasteiger partial charge in [-0.05, 0) is 61.1 Å². The van der Waals surface area contributed by atoms with Crippen molar-refractivity contribution in [3.05, 3.63) is 65.2 Å². The van der Waals surface area contributed by atoms with Crippen molar-refractivity contribution in [2.24, 2.45) is 0 Å². The van der Waals surface area contributed by atoms with E-state index in [-0.39, 0.29) is 11.7 Å². The Hall–Kier alpha value is -2.34. The van der Waals surface area contributed by atoms with Gasteiger partial charge in [-0.25, -0.2) is 8.42 Å². The van der Waals surface area contributed by atoms with Crippen LogP contribution in [0, 0.1) is 0 Å². The van der Waals surface area contributed by atoms with Gasteiger partial charge < -0.3 is 5.32 Å². The second-order valence-corrected chi connectivity index (χ2v) is 8.85. The lowest BCUT2D eigenvalue weighted by molar-refractivity contribution is 0.0953. The number of hydrogen-bond acceptors (Lipinski definition) is 3. The van der Waals surface area contributed by atoms with Gasteiger partial charge in [0.1, 0.15) is 0 Å². The zero-order valence-electron chi connectivity index (χ0n) is 16.2. The van der Waals surface area contributed by atoms with Crippen molar-refractivity contribution in [2.75, 3.05) is 17.0 Å². The van der Waals surface area contributed by atoms with Gasteiger partial charge in [-0.3, -0.25) is 9.52 Å². The average Bonchev–Trinajstić information content (AvgIpc) is 2.65. The number of benzene rings is 2. The molecule has 0 aliphatic carbocycles. The highest BCUT2D eigenvalue weighted by atomic mass is 32.2. The fraction of sp³-hybridized carbons (Fsp3) is 0.381. The van der Waals surface area contributed by atoms with Gasteiger partial charge >= 0.3 is 0 Å². The van der Waals surface area contributed by atoms with E-state index in [1.807, 2.05) is 0 Å². The maximum absolute atomic E-state index is 12.2. The van der Waals surface area contributed by atoms with Gasteiger partial charge in [-0.2, -0.15) is 0 Å². The van der Waals surface area contributed by atoms with E-state index in [1.165, 1.54) is 11.1 Å². The number of aryl methyl sites for hydroxylation is 1. The summed E-state index contributed by atoms with van der Waals surface area (Å²) in [4.78, 5) is 12.2. The molecule has 0 saturated heterocycles. The van der Waals surface area contributed by atoms with Crippen LogP contribution < -0.4 is 10.0 Å². The number of rotatable bonds is 9. The summed E-state index contributed by atoms with van der Waals surface area (Å²) in [6.45, 7) is 6.52. The molecule has 0 bridgehead atoms. The van der Waals surface area contributed by atoms with E-state index in [2.05, 4.69) is 48.2 Å². The molecule has 0 fully saturated rings. The smallest absolute Gasteiger partial charge is 0.251 e. The van der Waals surface area contributed by atoms with Crippen LogP contribution in [0.3, 0.4) is 0 Å². The zero-order valence-corrected chi connectivity index (χ0v) is 17.0. The highest BCUT2D eigenvalue weighted by Gasteiger charge is 2.08. The van der Waals surface area contributed by atoms with Crippen molar-refractivity contribution < 1.29 is 13.2 Å². The first-order chi connectivity index (χ1) is 12.8. The van der Waals surface area contributed by atoms with Crippen LogP contribution in [0.4, 0.5) is 5.69 Å². The minimum atomic E-state index is -3.31. The van der Waals surface area contributed by atoms with Crippen LogP contribution in [0.1, 0.15) is 54.6 Å². The first-order valence-corrected chi connectivity index (χ1v) is 10.9. The first kappa shape index (κ1) is 21.0. The van der Waals surface area contributed by atoms with Crippen molar-refractivity contribution in [3.8, 4) is 0 Å². The van der Waals surface area contributed by atoms with Crippen LogP contribution in [-0.2, 0) is 16.4 Å². The number of anilines is 1. The van der Waals surface area contributed by atoms with Crippen LogP contribution in [0.2, 0.25) is 0 Å². The van der Waals surface area contributed by atoms with Crippen LogP contribution in [0.25, 0.3) is 0 Å². The van der Waals surface area contributed by atoms with E-state index >= 15 is 0 Å². The SMILES string of the molecule is CCS(=O)(=O)Nc1ccc(C(=O)NCCCc2ccc(C(C)C)cc2)cc1. The summed E-state index contributed by atoms with van der Waals surface area (Å²) in [6.07, 6.45) is 1.78. The van der Waals surface area contributed by atoms with Gasteiger partial charge in [0.25, 0.3) is 5.91 Å². The van der Waals surface area contributed by atoms with Crippen LogP contribution >= 0.6 is 0 Å². The Bertz CT molecular complexity index is 842. The minimum Gasteiger partial charge on any atom is -0.352 e. The molecule has 2 rings (SSSR count). The number of hydrogen-bond donors (Lipinski definition) is 2. The highest BCUT2D eigenvalue weighted by molar-refractivity contribution is 7.92. The van der Waals surface area contributed by atoms with Crippen LogP contribution in [0.15, 0.2) is 48.5 Å². The predicted molar refractivity (Wildman–Crippen MR) is 111 cm³/mol. The minimum absolute atomic E-state index is 0.00936. The molecule has 27 heavy (non-hydrogen) atoms. The zero-order chi connectivity index (χ0) is 19.9. The quantitative estimate of drug-likeness (QED) is 0.639. The molecule has 1 amide bonds. The van der Waals surface area contributed by atoms with Crippen molar-refractivity contribution in [3.63, 3.8) is 0 Å². The Balaban J connectivity index is 1.78. The van der Waals surface area contributed by atoms with E-state index in [9.17, 15) is 13.2 Å². The lowest BCUT2D eigenvalue weighted by Gasteiger charge is -2.09. The molecule has 2 N–H and O–H groups in total. The Morgan fingerprint density at radius 3 is 2.19 bits per heavy atom. The summed E-state index contributed by atoms with van der Waals surface area (Å²) < 4.78 is 25.5. The third-order valence-corrected chi connectivity index (χ3v) is 5.68. The van der Waals surface area contributed by atoms with E-state index < -0.39 is 10.0 Å². The molecule has 0 radical (unpaired) electrons. The van der Waals surface area contributed by atoms with E-state index in [4.69, 9.17) is 0 Å². The maximum Gasteiger partial charge on any atom is 0.251 e. The third-order valence-electron chi connectivity index (χ3n) is 4.37. The monoisotopic (exact) mass is 388 g/mol. The third kappa shape index (κ3) is 6.71. The van der Waals surface area contributed by atoms with E-state index in [0.717, 1.165) is 12.8 Å². The number of carbonyl (C=O) groups excluding carboxylic acids is 1. The Labute approximate surface area is 162 Å². The summed E-state index contributed by atoms with van der Waals surface area (Å²) in [5, 5.41) is 2.90. The average molecular weight is 389 g/mol. The Kier molecular flexibility index (Phi) is 7.42. The summed E-state index contributed by atoms with van der Waals surface area (Å²) in [6, 6.07) is 15.0. The Morgan fingerprint density at radius 2 is 1.63 bits per heavy atom. The molecule has 0 aliphatic rings. The molecule has 0 saturated carbocycles. The van der Waals surface area contributed by atoms with Crippen LogP contribution in [0.5, 0.6) is 0 Å². The summed E-state index contributed by atoms with van der Waals surface area (Å²) in [5.41, 5.74) is 3.56. The molecule has 0 aliphatic heterocycles. The number of nitrogens with one attached hydrogen (secondary N) is 2. The summed E-state index contributed by atoms with van der Waals surface area (Å²) in [7, 11) is -3.31. The standard InChI is InChI=1S/C21H28N2O3S/c1-4-27(25,26)23-20-13-11-19(12-14-20)21(24)22-15-5-6-17-7-9-18(10-8-17)16(2)3/h7-14,16,23H,4-6,15H2,1-3H3,(H,22,24). The largest absolute Gasteiger partial charge is 0.352 e. The lowest BCUT2D eigenvalue weighted by atomic mass is 10.0. The number of amides is 1. The van der Waals surface area contributed by atoms with Crippen molar-refractivity contribution >= 4 is 21.6 Å². The molecule has 0 heterocycles. The predicted octanol–water partition coefficient (Wildman–Crippen LogP) is 3.93. The molecule has 0 unspecified atom stereocenters. The number of sulfonamides is 1. The molecule has 146 valence electrons. The van der Waals surface area contributed by atoms with Gasteiger partial charge in [0.2, 0.25) is 10.0 Å². The van der Waals surface area contributed by atoms with Gasteiger partial charge in [0.15, 0.2) is 0 Å². The Morgan fingerprint density at radius 1 is 1.00 bits per heavy atom. The maximum atomic E-state index is 12.2. The van der Waals surface area contributed by atoms with Crippen molar-refractivity contribution in [1.82, 2.24) is 5.32 Å². The van der Waals surface area contributed by atoms with Crippen molar-refractivity contribution in [2.45, 2.75) is 39.5 Å². The molecular weight excluding hydrogens is 360 g/mol. The summed E-state index contributed by atoms with van der Waals surface area (Å²) in [5.74, 6) is 0.382. The number of carbonyl (C=O) groups is 1. The molecule has 5 nitrogen and oxygen atoms in total. The molecule has 0 atom stereocenters. The molecule has 2 aromatic carbocycles. The van der Waals surface area contributed by atoms with Gasteiger partial charge in [0.05, 0.1) is 5.75 Å². The first-order valence-electron chi connectivity index (χ1n) is 9.28. The normalized spacial score (nSPS) is 11.4. The van der Waals surface area contributed by atoms with E-state index in [1.54, 1.807) is 31.2 Å². The molecule has 0 spiro atoms. The summed E-state index contributed by atoms with van der Waals surface area (Å²) >= 11 is 0. The van der Waals surface area contributed by atoms with Gasteiger partial charge in [-0.1, -0.05) is 38.1 Å². The molecular formula is C21H28N2O3S. The lowest BCUT2D eigenvalue weighted by Crippen LogP contribution is -2.24. The topological polar surface area (TPSA) is 75.3 Å². The van der Waals surface area contributed by atoms with E-state index in [0.29, 0.717) is 23.7 Å². The van der Waals surface area contributed by atoms with Gasteiger partial charge in [-0.15, -0.1) is 0 Å². The van der Waals surface area contributed by atoms with Crippen molar-refractivity contribution in [1.29, 1.82) is 0 Å². The molecule has 0 aromatic heterocycles. The molecule has 2 aromatic rings. The van der Waals surface area contributed by atoms with Crippen LogP contribution in [-0.4, -0.2) is 26.6 Å². The van der Waals surface area contributed by atoms with Gasteiger partial charge in [0, 0.05) is 17.8 Å². The fourth-order valence-corrected chi connectivity index (χ4v) is 3.25. The second kappa shape index (κ2) is 9.55. The highest BCUT2D eigenvalue weighted by Crippen LogP contribution is 2.15.